The van der Waals surface area contributed by atoms with Crippen LogP contribution in [0.5, 0.6) is 0 Å². The summed E-state index contributed by atoms with van der Waals surface area (Å²) in [5, 5.41) is 1.88. The van der Waals surface area contributed by atoms with Gasteiger partial charge in [-0.05, 0) is 46.4 Å². The number of thioether (sulfide) groups is 2. The van der Waals surface area contributed by atoms with Crippen LogP contribution in [0.2, 0.25) is 0 Å². The lowest BCUT2D eigenvalue weighted by Crippen LogP contribution is -2.68. The first-order valence-electron chi connectivity index (χ1n) is 12.7. The van der Waals surface area contributed by atoms with Gasteiger partial charge in [0, 0.05) is 21.9 Å². The van der Waals surface area contributed by atoms with E-state index in [0.717, 1.165) is 11.1 Å². The molecule has 206 valence electrons. The lowest BCUT2D eigenvalue weighted by Gasteiger charge is -2.48. The van der Waals surface area contributed by atoms with Gasteiger partial charge in [0.05, 0.1) is 4.21 Å². The molecule has 1 aromatic heterocycles. The van der Waals surface area contributed by atoms with Gasteiger partial charge in [-0.25, -0.2) is 9.18 Å². The van der Waals surface area contributed by atoms with E-state index < -0.39 is 23.9 Å². The second-order valence-electron chi connectivity index (χ2n) is 9.41. The highest BCUT2D eigenvalue weighted by Gasteiger charge is 2.52. The predicted octanol–water partition coefficient (Wildman–Crippen LogP) is 5.84. The number of esters is 1. The molecule has 6 rings (SSSR count). The van der Waals surface area contributed by atoms with E-state index in [9.17, 15) is 18.8 Å². The Morgan fingerprint density at radius 2 is 1.71 bits per heavy atom. The number of allylic oxidation sites excluding steroid dienone is 1. The van der Waals surface area contributed by atoms with E-state index >= 15 is 0 Å². The first kappa shape index (κ1) is 27.5. The van der Waals surface area contributed by atoms with Crippen molar-refractivity contribution in [3.8, 4) is 0 Å². The molecule has 1 fully saturated rings. The van der Waals surface area contributed by atoms with Gasteiger partial charge in [0.15, 0.2) is 11.5 Å². The van der Waals surface area contributed by atoms with Crippen LogP contribution in [-0.4, -0.2) is 33.9 Å². The van der Waals surface area contributed by atoms with Crippen molar-refractivity contribution >= 4 is 56.8 Å². The quantitative estimate of drug-likeness (QED) is 0.162. The molecule has 3 heterocycles. The van der Waals surface area contributed by atoms with Crippen LogP contribution in [0.15, 0.2) is 117 Å². The monoisotopic (exact) mass is 602 g/mol. The third kappa shape index (κ3) is 5.48. The van der Waals surface area contributed by atoms with Gasteiger partial charge < -0.3 is 10.5 Å². The van der Waals surface area contributed by atoms with E-state index in [1.807, 2.05) is 60.7 Å². The van der Waals surface area contributed by atoms with Crippen molar-refractivity contribution in [3.05, 3.63) is 135 Å². The molecular weight excluding hydrogens is 580 g/mol. The molecule has 41 heavy (non-hydrogen) atoms. The van der Waals surface area contributed by atoms with Crippen LogP contribution in [0, 0.1) is 5.82 Å². The number of halogens is 1. The van der Waals surface area contributed by atoms with Crippen molar-refractivity contribution < 1.29 is 18.7 Å². The molecule has 2 aliphatic heterocycles. The maximum atomic E-state index is 13.8. The maximum Gasteiger partial charge on any atom is 0.356 e. The Morgan fingerprint density at radius 1 is 1.02 bits per heavy atom. The third-order valence-corrected chi connectivity index (χ3v) is 10.1. The minimum absolute atomic E-state index is 0.169. The maximum absolute atomic E-state index is 13.8. The molecule has 2 N–H and O–H groups in total. The Balaban J connectivity index is 1.32. The molecule has 0 bridgehead atoms. The lowest BCUT2D eigenvalue weighted by atomic mass is 10.0. The van der Waals surface area contributed by atoms with Crippen LogP contribution >= 0.6 is 34.9 Å². The highest BCUT2D eigenvalue weighted by Crippen LogP contribution is 2.41. The number of hydrogen-bond donors (Lipinski definition) is 1. The Kier molecular flexibility index (Phi) is 7.81. The van der Waals surface area contributed by atoms with E-state index in [1.54, 1.807) is 11.5 Å². The summed E-state index contributed by atoms with van der Waals surface area (Å²) < 4.78 is 21.1. The molecular formula is C31H23FN2O4S3. The summed E-state index contributed by atoms with van der Waals surface area (Å²) in [5.74, 6) is -0.915. The summed E-state index contributed by atoms with van der Waals surface area (Å²) >= 11 is 4.07. The highest BCUT2D eigenvalue weighted by molar-refractivity contribution is 8.04. The number of nitrogens with two attached hydrogens (primary N) is 1. The number of nitrogens with zero attached hydrogens (tertiary/aromatic N) is 1. The van der Waals surface area contributed by atoms with E-state index in [4.69, 9.17) is 10.5 Å². The Bertz CT molecular complexity index is 1720. The van der Waals surface area contributed by atoms with Crippen molar-refractivity contribution in [1.29, 1.82) is 0 Å². The van der Waals surface area contributed by atoms with Crippen molar-refractivity contribution in [1.82, 2.24) is 4.90 Å². The summed E-state index contributed by atoms with van der Waals surface area (Å²) in [6.07, 6.45) is 1.08. The smallest absolute Gasteiger partial charge is 0.356 e. The molecule has 3 aromatic carbocycles. The zero-order chi connectivity index (χ0) is 28.5. The Labute approximate surface area is 247 Å². The number of benzene rings is 3. The summed E-state index contributed by atoms with van der Waals surface area (Å²) in [7, 11) is 0. The predicted molar refractivity (Wildman–Crippen MR) is 162 cm³/mol. The van der Waals surface area contributed by atoms with Crippen LogP contribution in [0.1, 0.15) is 17.2 Å². The molecule has 1 saturated heterocycles. The summed E-state index contributed by atoms with van der Waals surface area (Å²) in [4.78, 5) is 40.6. The van der Waals surface area contributed by atoms with Crippen molar-refractivity contribution in [2.24, 2.45) is 5.73 Å². The highest BCUT2D eigenvalue weighted by atomic mass is 32.2. The van der Waals surface area contributed by atoms with Gasteiger partial charge in [0.2, 0.25) is 5.91 Å². The van der Waals surface area contributed by atoms with Crippen LogP contribution in [0.3, 0.4) is 0 Å². The van der Waals surface area contributed by atoms with E-state index in [1.165, 1.54) is 64.0 Å². The lowest BCUT2D eigenvalue weighted by molar-refractivity contribution is -0.153. The minimum Gasteiger partial charge on any atom is -0.448 e. The summed E-state index contributed by atoms with van der Waals surface area (Å²) in [5.41, 5.74) is 8.25. The molecule has 0 unspecified atom stereocenters. The average molecular weight is 603 g/mol. The molecule has 0 aliphatic carbocycles. The molecule has 10 heteroatoms. The largest absolute Gasteiger partial charge is 0.448 e. The van der Waals surface area contributed by atoms with Gasteiger partial charge in [-0.1, -0.05) is 72.4 Å². The number of β-lactam (4-membered cyclic amide) rings is 1. The number of ether oxygens (including phenoxy) is 1. The van der Waals surface area contributed by atoms with Crippen LogP contribution in [0.4, 0.5) is 4.39 Å². The molecule has 2 atom stereocenters. The van der Waals surface area contributed by atoms with Crippen molar-refractivity contribution in [2.75, 3.05) is 5.75 Å². The minimum atomic E-state index is -0.683. The first-order valence-corrected chi connectivity index (χ1v) is 15.5. The van der Waals surface area contributed by atoms with Gasteiger partial charge >= 0.3 is 5.97 Å². The zero-order valence-electron chi connectivity index (χ0n) is 21.4. The second kappa shape index (κ2) is 11.7. The van der Waals surface area contributed by atoms with E-state index in [-0.39, 0.29) is 22.4 Å². The van der Waals surface area contributed by atoms with Crippen LogP contribution in [-0.2, 0) is 14.3 Å². The molecule has 0 spiro atoms. The molecule has 4 aromatic rings. The van der Waals surface area contributed by atoms with Gasteiger partial charge in [0.1, 0.15) is 22.9 Å². The molecule has 6 nitrogen and oxygen atoms in total. The van der Waals surface area contributed by atoms with Crippen LogP contribution in [0.25, 0.3) is 10.1 Å². The fourth-order valence-electron chi connectivity index (χ4n) is 4.75. The van der Waals surface area contributed by atoms with E-state index in [2.05, 4.69) is 0 Å². The van der Waals surface area contributed by atoms with Crippen molar-refractivity contribution in [3.63, 3.8) is 0 Å². The van der Waals surface area contributed by atoms with Crippen LogP contribution < -0.4 is 11.2 Å². The SMILES string of the molecule is N[C@@H]1C(=O)N2C(C(=O)OC(c3ccccc3)c3ccccc3)=C(/C=C/Sc3cc(=O)c4ccc(F)cc4s3)CS[C@H]12. The zero-order valence-corrected chi connectivity index (χ0v) is 23.9. The number of fused-ring (bicyclic) bond motifs is 2. The number of amides is 1. The van der Waals surface area contributed by atoms with Gasteiger partial charge in [0.25, 0.3) is 0 Å². The number of hydrogen-bond acceptors (Lipinski definition) is 8. The van der Waals surface area contributed by atoms with Crippen molar-refractivity contribution in [2.45, 2.75) is 21.7 Å². The fraction of sp³-hybridized carbons (Fsp3) is 0.129. The second-order valence-corrected chi connectivity index (χ2v) is 12.8. The fourth-order valence-corrected chi connectivity index (χ4v) is 8.02. The molecule has 2 aliphatic rings. The Hall–Kier alpha value is -3.70. The van der Waals surface area contributed by atoms with Gasteiger partial charge in [-0.3, -0.25) is 14.5 Å². The number of carbonyl (C=O) groups is 2. The standard InChI is InChI=1S/C31H23FN2O4S3/c32-21-11-12-22-23(35)16-25(41-24(22)15-21)39-14-13-20-17-40-30-26(33)29(36)34(30)27(20)31(37)38-28(18-7-3-1-4-8-18)19-9-5-2-6-10-19/h1-16,26,28,30H,17,33H2/b14-13+/t26-,30-/m1/s1. The molecule has 0 radical (unpaired) electrons. The normalized spacial score (nSPS) is 18.6. The molecule has 1 amide bonds. The topological polar surface area (TPSA) is 89.7 Å². The third-order valence-electron chi connectivity index (χ3n) is 6.78. The van der Waals surface area contributed by atoms with E-state index in [0.29, 0.717) is 25.6 Å². The number of rotatable bonds is 7. The average Bonchev–Trinajstić information content (AvgIpc) is 2.99. The number of carbonyl (C=O) groups excluding carboxylic acids is 2. The molecule has 0 saturated carbocycles. The summed E-state index contributed by atoms with van der Waals surface area (Å²) in [6, 6.07) is 23.8. The van der Waals surface area contributed by atoms with Gasteiger partial charge in [-0.15, -0.1) is 23.1 Å². The Morgan fingerprint density at radius 3 is 2.39 bits per heavy atom. The summed E-state index contributed by atoms with van der Waals surface area (Å²) in [6.45, 7) is 0. The first-order chi connectivity index (χ1) is 19.9. The van der Waals surface area contributed by atoms with Gasteiger partial charge in [-0.2, -0.15) is 0 Å².